The van der Waals surface area contributed by atoms with Crippen LogP contribution in [0, 0.1) is 0 Å². The molecule has 19 heavy (non-hydrogen) atoms. The van der Waals surface area contributed by atoms with Gasteiger partial charge in [-0.1, -0.05) is 6.07 Å². The lowest BCUT2D eigenvalue weighted by molar-refractivity contribution is 0.354. The van der Waals surface area contributed by atoms with E-state index in [1.165, 1.54) is 0 Å². The second kappa shape index (κ2) is 5.79. The molecular formula is C13H19NO4S. The number of methoxy groups -OCH3 is 2. The summed E-state index contributed by atoms with van der Waals surface area (Å²) >= 11 is 0. The number of sulfonamides is 1. The molecule has 0 spiro atoms. The fourth-order valence-corrected chi connectivity index (χ4v) is 3.25. The van der Waals surface area contributed by atoms with Crippen molar-refractivity contribution in [3.05, 3.63) is 23.8 Å². The average molecular weight is 285 g/mol. The number of hydrogen-bond acceptors (Lipinski definition) is 4. The Morgan fingerprint density at radius 1 is 1.21 bits per heavy atom. The van der Waals surface area contributed by atoms with Crippen molar-refractivity contribution in [2.45, 2.75) is 24.5 Å². The van der Waals surface area contributed by atoms with E-state index in [0.717, 1.165) is 18.4 Å². The maximum absolute atomic E-state index is 11.7. The van der Waals surface area contributed by atoms with Crippen molar-refractivity contribution in [3.8, 4) is 11.5 Å². The van der Waals surface area contributed by atoms with Crippen molar-refractivity contribution >= 4 is 10.0 Å². The topological polar surface area (TPSA) is 64.6 Å². The predicted molar refractivity (Wildman–Crippen MR) is 73.2 cm³/mol. The highest BCUT2D eigenvalue weighted by molar-refractivity contribution is 7.90. The van der Waals surface area contributed by atoms with E-state index in [9.17, 15) is 8.42 Å². The molecular weight excluding hydrogens is 266 g/mol. The van der Waals surface area contributed by atoms with Crippen LogP contribution in [0.1, 0.15) is 18.4 Å². The van der Waals surface area contributed by atoms with Crippen LogP contribution in [-0.2, 0) is 16.4 Å². The zero-order chi connectivity index (χ0) is 13.9. The minimum atomic E-state index is -3.09. The summed E-state index contributed by atoms with van der Waals surface area (Å²) in [5, 5.41) is -0.169. The van der Waals surface area contributed by atoms with Gasteiger partial charge in [0, 0.05) is 6.54 Å². The number of hydrogen-bond donors (Lipinski definition) is 1. The van der Waals surface area contributed by atoms with Gasteiger partial charge in [-0.15, -0.1) is 0 Å². The molecule has 1 saturated carbocycles. The van der Waals surface area contributed by atoms with Crippen LogP contribution < -0.4 is 14.2 Å². The normalized spacial score (nSPS) is 15.3. The molecule has 0 atom stereocenters. The van der Waals surface area contributed by atoms with Gasteiger partial charge in [-0.25, -0.2) is 13.1 Å². The maximum Gasteiger partial charge on any atom is 0.214 e. The molecule has 6 heteroatoms. The highest BCUT2D eigenvalue weighted by Crippen LogP contribution is 2.28. The Labute approximate surface area is 114 Å². The van der Waals surface area contributed by atoms with E-state index in [0.29, 0.717) is 24.5 Å². The molecule has 2 rings (SSSR count). The largest absolute Gasteiger partial charge is 0.493 e. The monoisotopic (exact) mass is 285 g/mol. The molecule has 1 aromatic carbocycles. The summed E-state index contributed by atoms with van der Waals surface area (Å²) in [6.45, 7) is 0.411. The smallest absolute Gasteiger partial charge is 0.214 e. The third-order valence-corrected chi connectivity index (χ3v) is 5.08. The van der Waals surface area contributed by atoms with E-state index in [-0.39, 0.29) is 5.25 Å². The fraction of sp³-hybridized carbons (Fsp3) is 0.538. The molecule has 5 nitrogen and oxygen atoms in total. The van der Waals surface area contributed by atoms with E-state index in [1.54, 1.807) is 14.2 Å². The molecule has 1 aromatic rings. The highest BCUT2D eigenvalue weighted by atomic mass is 32.2. The number of benzene rings is 1. The number of rotatable bonds is 7. The van der Waals surface area contributed by atoms with Gasteiger partial charge in [-0.05, 0) is 37.0 Å². The quantitative estimate of drug-likeness (QED) is 0.821. The van der Waals surface area contributed by atoms with Gasteiger partial charge < -0.3 is 9.47 Å². The summed E-state index contributed by atoms with van der Waals surface area (Å²) in [6, 6.07) is 5.60. The summed E-state index contributed by atoms with van der Waals surface area (Å²) in [7, 11) is 0.0737. The van der Waals surface area contributed by atoms with Crippen molar-refractivity contribution in [3.63, 3.8) is 0 Å². The Morgan fingerprint density at radius 3 is 2.47 bits per heavy atom. The lowest BCUT2D eigenvalue weighted by Gasteiger charge is -2.10. The standard InChI is InChI=1S/C13H19NO4S/c1-17-12-6-3-10(9-13(12)18-2)7-8-14-19(15,16)11-4-5-11/h3,6,9,11,14H,4-5,7-8H2,1-2H3. The molecule has 0 bridgehead atoms. The van der Waals surface area contributed by atoms with Crippen LogP contribution in [0.5, 0.6) is 11.5 Å². The second-order valence-electron chi connectivity index (χ2n) is 4.58. The van der Waals surface area contributed by atoms with E-state index in [4.69, 9.17) is 9.47 Å². The third kappa shape index (κ3) is 3.61. The average Bonchev–Trinajstić information content (AvgIpc) is 3.23. The van der Waals surface area contributed by atoms with E-state index in [2.05, 4.69) is 4.72 Å². The first-order valence-corrected chi connectivity index (χ1v) is 7.81. The Kier molecular flexibility index (Phi) is 4.31. The molecule has 0 saturated heterocycles. The van der Waals surface area contributed by atoms with Crippen LogP contribution in [0.2, 0.25) is 0 Å². The zero-order valence-corrected chi connectivity index (χ0v) is 12.0. The van der Waals surface area contributed by atoms with Gasteiger partial charge in [0.1, 0.15) is 0 Å². The van der Waals surface area contributed by atoms with E-state index >= 15 is 0 Å². The first-order valence-electron chi connectivity index (χ1n) is 6.26. The molecule has 1 fully saturated rings. The zero-order valence-electron chi connectivity index (χ0n) is 11.2. The molecule has 0 aromatic heterocycles. The predicted octanol–water partition coefficient (Wildman–Crippen LogP) is 1.33. The first kappa shape index (κ1) is 14.1. The van der Waals surface area contributed by atoms with Gasteiger partial charge in [0.05, 0.1) is 19.5 Å². The maximum atomic E-state index is 11.7. The van der Waals surface area contributed by atoms with Crippen molar-refractivity contribution in [1.29, 1.82) is 0 Å². The van der Waals surface area contributed by atoms with Crippen LogP contribution in [0.4, 0.5) is 0 Å². The van der Waals surface area contributed by atoms with Gasteiger partial charge >= 0.3 is 0 Å². The summed E-state index contributed by atoms with van der Waals surface area (Å²) in [6.07, 6.45) is 2.20. The fourth-order valence-electron chi connectivity index (χ4n) is 1.87. The Bertz CT molecular complexity index is 538. The van der Waals surface area contributed by atoms with Gasteiger partial charge in [0.25, 0.3) is 0 Å². The lowest BCUT2D eigenvalue weighted by atomic mass is 10.1. The lowest BCUT2D eigenvalue weighted by Crippen LogP contribution is -2.29. The van der Waals surface area contributed by atoms with Gasteiger partial charge in [0.2, 0.25) is 10.0 Å². The molecule has 0 aliphatic heterocycles. The minimum absolute atomic E-state index is 0.169. The Balaban J connectivity index is 1.92. The van der Waals surface area contributed by atoms with Crippen molar-refractivity contribution in [2.75, 3.05) is 20.8 Å². The van der Waals surface area contributed by atoms with E-state index in [1.807, 2.05) is 18.2 Å². The molecule has 0 radical (unpaired) electrons. The molecule has 1 N–H and O–H groups in total. The van der Waals surface area contributed by atoms with Gasteiger partial charge in [-0.3, -0.25) is 0 Å². The van der Waals surface area contributed by atoms with Gasteiger partial charge in [-0.2, -0.15) is 0 Å². The van der Waals surface area contributed by atoms with Crippen LogP contribution in [-0.4, -0.2) is 34.4 Å². The van der Waals surface area contributed by atoms with Gasteiger partial charge in [0.15, 0.2) is 11.5 Å². The van der Waals surface area contributed by atoms with Crippen LogP contribution >= 0.6 is 0 Å². The van der Waals surface area contributed by atoms with E-state index < -0.39 is 10.0 Å². The van der Waals surface area contributed by atoms with Crippen LogP contribution in [0.3, 0.4) is 0 Å². The van der Waals surface area contributed by atoms with Crippen molar-refractivity contribution < 1.29 is 17.9 Å². The van der Waals surface area contributed by atoms with Crippen LogP contribution in [0.15, 0.2) is 18.2 Å². The Hall–Kier alpha value is -1.27. The summed E-state index contributed by atoms with van der Waals surface area (Å²) < 4.78 is 36.3. The molecule has 1 aliphatic carbocycles. The summed E-state index contributed by atoms with van der Waals surface area (Å²) in [5.74, 6) is 1.33. The summed E-state index contributed by atoms with van der Waals surface area (Å²) in [4.78, 5) is 0. The highest BCUT2D eigenvalue weighted by Gasteiger charge is 2.35. The molecule has 0 amide bonds. The van der Waals surface area contributed by atoms with Crippen molar-refractivity contribution in [2.24, 2.45) is 0 Å². The molecule has 106 valence electrons. The third-order valence-electron chi connectivity index (χ3n) is 3.13. The summed E-state index contributed by atoms with van der Waals surface area (Å²) in [5.41, 5.74) is 1.01. The SMILES string of the molecule is COc1ccc(CCNS(=O)(=O)C2CC2)cc1OC. The van der Waals surface area contributed by atoms with Crippen molar-refractivity contribution in [1.82, 2.24) is 4.72 Å². The number of ether oxygens (including phenoxy) is 2. The molecule has 0 unspecified atom stereocenters. The second-order valence-corrected chi connectivity index (χ2v) is 6.62. The first-order chi connectivity index (χ1) is 9.06. The Morgan fingerprint density at radius 2 is 1.89 bits per heavy atom. The van der Waals surface area contributed by atoms with Crippen LogP contribution in [0.25, 0.3) is 0 Å². The molecule has 0 heterocycles. The minimum Gasteiger partial charge on any atom is -0.493 e. The molecule has 1 aliphatic rings. The number of nitrogens with one attached hydrogen (secondary N) is 1.